The fourth-order valence-corrected chi connectivity index (χ4v) is 1.35. The molecule has 7 nitrogen and oxygen atoms in total. The van der Waals surface area contributed by atoms with Gasteiger partial charge in [-0.1, -0.05) is 0 Å². The van der Waals surface area contributed by atoms with E-state index in [4.69, 9.17) is 0 Å². The average molecular weight is 288 g/mol. The molecule has 0 aromatic carbocycles. The van der Waals surface area contributed by atoms with Crippen LogP contribution in [0.2, 0.25) is 0 Å². The third kappa shape index (κ3) is 2.68. The number of carbonyl (C=O) groups is 2. The quantitative estimate of drug-likeness (QED) is 0.834. The number of carbonyl (C=O) groups excluding carboxylic acids is 2. The lowest BCUT2D eigenvalue weighted by Crippen LogP contribution is -2.30. The highest BCUT2D eigenvalue weighted by Crippen LogP contribution is 2.17. The van der Waals surface area contributed by atoms with Gasteiger partial charge in [0.05, 0.1) is 12.7 Å². The molecule has 2 aromatic heterocycles. The van der Waals surface area contributed by atoms with Crippen molar-refractivity contribution in [2.24, 2.45) is 0 Å². The van der Waals surface area contributed by atoms with E-state index < -0.39 is 24.0 Å². The van der Waals surface area contributed by atoms with Crippen molar-refractivity contribution >= 4 is 23.5 Å². The molecule has 0 saturated heterocycles. The van der Waals surface area contributed by atoms with E-state index in [0.717, 1.165) is 4.52 Å². The highest BCUT2D eigenvalue weighted by atomic mass is 19.4. The number of nitrogens with one attached hydrogen (secondary N) is 1. The van der Waals surface area contributed by atoms with Crippen LogP contribution in [0.4, 0.5) is 19.1 Å². The van der Waals surface area contributed by atoms with Gasteiger partial charge in [-0.25, -0.2) is 9.31 Å². The lowest BCUT2D eigenvalue weighted by atomic mass is 10.3. The number of amides is 1. The summed E-state index contributed by atoms with van der Waals surface area (Å²) < 4.78 is 41.7. The summed E-state index contributed by atoms with van der Waals surface area (Å²) in [5.41, 5.74) is 0.300. The van der Waals surface area contributed by atoms with Crippen LogP contribution in [-0.2, 0) is 9.53 Å². The predicted molar refractivity (Wildman–Crippen MR) is 59.0 cm³/mol. The zero-order chi connectivity index (χ0) is 14.9. The predicted octanol–water partition coefficient (Wildman–Crippen LogP) is 1.02. The van der Waals surface area contributed by atoms with Crippen molar-refractivity contribution in [1.82, 2.24) is 14.6 Å². The zero-order valence-electron chi connectivity index (χ0n) is 9.93. The summed E-state index contributed by atoms with van der Waals surface area (Å²) in [6, 6.07) is 2.72. The van der Waals surface area contributed by atoms with Gasteiger partial charge in [0.2, 0.25) is 5.95 Å². The third-order valence-corrected chi connectivity index (χ3v) is 2.23. The molecule has 0 fully saturated rings. The maximum absolute atomic E-state index is 12.1. The monoisotopic (exact) mass is 288 g/mol. The highest BCUT2D eigenvalue weighted by molar-refractivity contribution is 5.93. The minimum absolute atomic E-state index is 0.138. The SMILES string of the molecule is COC(=O)c1ccc2nc(NC(=O)C(F)(F)F)nn2c1. The summed E-state index contributed by atoms with van der Waals surface area (Å²) in [4.78, 5) is 25.7. The van der Waals surface area contributed by atoms with E-state index in [1.165, 1.54) is 30.8 Å². The Morgan fingerprint density at radius 3 is 2.65 bits per heavy atom. The largest absolute Gasteiger partial charge is 0.471 e. The highest BCUT2D eigenvalue weighted by Gasteiger charge is 2.39. The molecule has 0 unspecified atom stereocenters. The van der Waals surface area contributed by atoms with Gasteiger partial charge in [-0.15, -0.1) is 5.10 Å². The van der Waals surface area contributed by atoms with Crippen LogP contribution in [0.25, 0.3) is 5.65 Å². The second-order valence-electron chi connectivity index (χ2n) is 3.60. The molecular formula is C10H7F3N4O3. The molecule has 0 aliphatic rings. The molecule has 2 rings (SSSR count). The molecule has 10 heteroatoms. The number of methoxy groups -OCH3 is 1. The molecular weight excluding hydrogens is 281 g/mol. The van der Waals surface area contributed by atoms with Gasteiger partial charge >= 0.3 is 18.1 Å². The first-order valence-corrected chi connectivity index (χ1v) is 5.14. The van der Waals surface area contributed by atoms with Gasteiger partial charge in [0.25, 0.3) is 0 Å². The molecule has 1 N–H and O–H groups in total. The van der Waals surface area contributed by atoms with Crippen molar-refractivity contribution in [3.63, 3.8) is 0 Å². The Morgan fingerprint density at radius 2 is 2.05 bits per heavy atom. The van der Waals surface area contributed by atoms with Gasteiger partial charge < -0.3 is 4.74 Å². The zero-order valence-corrected chi connectivity index (χ0v) is 9.93. The second kappa shape index (κ2) is 4.79. The van der Waals surface area contributed by atoms with Gasteiger partial charge in [0.1, 0.15) is 0 Å². The fraction of sp³-hybridized carbons (Fsp3) is 0.200. The van der Waals surface area contributed by atoms with Crippen LogP contribution in [-0.4, -0.2) is 39.8 Å². The number of alkyl halides is 3. The van der Waals surface area contributed by atoms with Gasteiger partial charge in [-0.2, -0.15) is 18.2 Å². The molecule has 106 valence electrons. The maximum atomic E-state index is 12.1. The number of hydrogen-bond donors (Lipinski definition) is 1. The van der Waals surface area contributed by atoms with Crippen molar-refractivity contribution in [2.75, 3.05) is 12.4 Å². The average Bonchev–Trinajstić information content (AvgIpc) is 2.77. The second-order valence-corrected chi connectivity index (χ2v) is 3.60. The molecule has 0 bridgehead atoms. The molecule has 0 atom stereocenters. The van der Waals surface area contributed by atoms with Crippen molar-refractivity contribution in [3.8, 4) is 0 Å². The Morgan fingerprint density at radius 1 is 1.35 bits per heavy atom. The van der Waals surface area contributed by atoms with E-state index >= 15 is 0 Å². The number of rotatable bonds is 2. The normalized spacial score (nSPS) is 11.4. The Bertz CT molecular complexity index is 680. The molecule has 2 aromatic rings. The molecule has 1 amide bonds. The number of hydrogen-bond acceptors (Lipinski definition) is 5. The van der Waals surface area contributed by atoms with E-state index in [0.29, 0.717) is 0 Å². The first-order valence-electron chi connectivity index (χ1n) is 5.14. The van der Waals surface area contributed by atoms with Crippen LogP contribution in [0.5, 0.6) is 0 Å². The first-order chi connectivity index (χ1) is 9.31. The molecule has 0 radical (unpaired) electrons. The third-order valence-electron chi connectivity index (χ3n) is 2.23. The number of ether oxygens (including phenoxy) is 1. The van der Waals surface area contributed by atoms with Crippen LogP contribution >= 0.6 is 0 Å². The molecule has 2 heterocycles. The number of nitrogens with zero attached hydrogens (tertiary/aromatic N) is 3. The molecule has 0 aliphatic heterocycles. The molecule has 20 heavy (non-hydrogen) atoms. The van der Waals surface area contributed by atoms with Gasteiger partial charge in [0, 0.05) is 6.20 Å². The number of anilines is 1. The standard InChI is InChI=1S/C10H7F3N4O3/c1-20-7(18)5-2-3-6-14-9(16-17(6)4-5)15-8(19)10(11,12)13/h2-4H,1H3,(H,15,16,19). The summed E-state index contributed by atoms with van der Waals surface area (Å²) >= 11 is 0. The Balaban J connectivity index is 2.30. The first kappa shape index (κ1) is 13.8. The van der Waals surface area contributed by atoms with Crippen LogP contribution in [0.15, 0.2) is 18.3 Å². The Kier molecular flexibility index (Phi) is 3.30. The van der Waals surface area contributed by atoms with Gasteiger partial charge in [-0.3, -0.25) is 10.1 Å². The summed E-state index contributed by atoms with van der Waals surface area (Å²) in [5.74, 6) is -3.33. The minimum atomic E-state index is -5.03. The molecule has 0 saturated carbocycles. The molecule has 0 aliphatic carbocycles. The lowest BCUT2D eigenvalue weighted by molar-refractivity contribution is -0.167. The van der Waals surface area contributed by atoms with Crippen molar-refractivity contribution in [2.45, 2.75) is 6.18 Å². The van der Waals surface area contributed by atoms with E-state index in [2.05, 4.69) is 14.8 Å². The van der Waals surface area contributed by atoms with Crippen LogP contribution in [0, 0.1) is 0 Å². The van der Waals surface area contributed by atoms with E-state index in [1.54, 1.807) is 0 Å². The van der Waals surface area contributed by atoms with Crippen LogP contribution in [0.1, 0.15) is 10.4 Å². The van der Waals surface area contributed by atoms with Crippen LogP contribution < -0.4 is 5.32 Å². The van der Waals surface area contributed by atoms with E-state index in [1.807, 2.05) is 0 Å². The topological polar surface area (TPSA) is 85.6 Å². The Labute approximate surface area is 109 Å². The fourth-order valence-electron chi connectivity index (χ4n) is 1.35. The summed E-state index contributed by atoms with van der Waals surface area (Å²) in [6.07, 6.45) is -3.81. The van der Waals surface area contributed by atoms with Crippen molar-refractivity contribution < 1.29 is 27.5 Å². The summed E-state index contributed by atoms with van der Waals surface area (Å²) in [5, 5.41) is 5.12. The minimum Gasteiger partial charge on any atom is -0.465 e. The van der Waals surface area contributed by atoms with E-state index in [9.17, 15) is 22.8 Å². The number of fused-ring (bicyclic) bond motifs is 1. The van der Waals surface area contributed by atoms with Crippen LogP contribution in [0.3, 0.4) is 0 Å². The van der Waals surface area contributed by atoms with Gasteiger partial charge in [-0.05, 0) is 12.1 Å². The maximum Gasteiger partial charge on any atom is 0.471 e. The number of esters is 1. The van der Waals surface area contributed by atoms with E-state index in [-0.39, 0.29) is 11.2 Å². The summed E-state index contributed by atoms with van der Waals surface area (Å²) in [7, 11) is 1.18. The Hall–Kier alpha value is -2.65. The number of aromatic nitrogens is 3. The summed E-state index contributed by atoms with van der Waals surface area (Å²) in [6.45, 7) is 0. The number of pyridine rings is 1. The smallest absolute Gasteiger partial charge is 0.465 e. The lowest BCUT2D eigenvalue weighted by Gasteiger charge is -2.03. The van der Waals surface area contributed by atoms with Gasteiger partial charge in [0.15, 0.2) is 5.65 Å². The van der Waals surface area contributed by atoms with Crippen molar-refractivity contribution in [1.29, 1.82) is 0 Å². The molecule has 0 spiro atoms. The number of halogens is 3. The van der Waals surface area contributed by atoms with Crippen molar-refractivity contribution in [3.05, 3.63) is 23.9 Å².